The Hall–Kier alpha value is -1.99. The molecule has 1 aromatic carbocycles. The number of thiophene rings is 1. The van der Waals surface area contributed by atoms with Crippen LogP contribution >= 0.6 is 11.3 Å². The zero-order chi connectivity index (χ0) is 14.5. The van der Waals surface area contributed by atoms with Crippen molar-refractivity contribution in [1.29, 1.82) is 0 Å². The van der Waals surface area contributed by atoms with Gasteiger partial charge in [0.15, 0.2) is 0 Å². The van der Waals surface area contributed by atoms with Crippen molar-refractivity contribution in [3.05, 3.63) is 56.5 Å². The van der Waals surface area contributed by atoms with Crippen LogP contribution in [0.4, 0.5) is 15.8 Å². The third-order valence-corrected chi connectivity index (χ3v) is 3.79. The molecule has 0 unspecified atom stereocenters. The van der Waals surface area contributed by atoms with E-state index in [4.69, 9.17) is 5.11 Å². The minimum absolute atomic E-state index is 0.0708. The minimum Gasteiger partial charge on any atom is -0.396 e. The quantitative estimate of drug-likeness (QED) is 0.633. The number of nitro groups is 1. The van der Waals surface area contributed by atoms with E-state index in [-0.39, 0.29) is 18.3 Å². The molecular formula is C13H13FN2O3S. The topological polar surface area (TPSA) is 75.4 Å². The summed E-state index contributed by atoms with van der Waals surface area (Å²) in [7, 11) is 0. The van der Waals surface area contributed by atoms with Gasteiger partial charge in [-0.05, 0) is 30.0 Å². The molecule has 1 atom stereocenters. The summed E-state index contributed by atoms with van der Waals surface area (Å²) < 4.78 is 13.6. The van der Waals surface area contributed by atoms with Gasteiger partial charge in [-0.25, -0.2) is 0 Å². The molecule has 0 spiro atoms. The molecule has 1 heterocycles. The molecule has 0 aliphatic rings. The predicted octanol–water partition coefficient (Wildman–Crippen LogP) is 3.33. The fourth-order valence-electron chi connectivity index (χ4n) is 1.91. The van der Waals surface area contributed by atoms with Gasteiger partial charge in [0.25, 0.3) is 0 Å². The molecule has 20 heavy (non-hydrogen) atoms. The molecule has 2 rings (SSSR count). The van der Waals surface area contributed by atoms with Crippen molar-refractivity contribution in [2.45, 2.75) is 12.5 Å². The molecule has 0 fully saturated rings. The van der Waals surface area contributed by atoms with Crippen LogP contribution in [0.25, 0.3) is 0 Å². The maximum absolute atomic E-state index is 13.6. The summed E-state index contributed by atoms with van der Waals surface area (Å²) in [6, 6.07) is 7.35. The first-order valence-electron chi connectivity index (χ1n) is 5.97. The molecule has 0 bridgehead atoms. The molecule has 7 heteroatoms. The van der Waals surface area contributed by atoms with Crippen LogP contribution in [0.5, 0.6) is 0 Å². The van der Waals surface area contributed by atoms with Crippen LogP contribution in [-0.4, -0.2) is 16.6 Å². The van der Waals surface area contributed by atoms with E-state index in [1.165, 1.54) is 23.5 Å². The van der Waals surface area contributed by atoms with Crippen LogP contribution in [0, 0.1) is 15.9 Å². The maximum Gasteiger partial charge on any atom is 0.327 e. The lowest BCUT2D eigenvalue weighted by atomic mass is 10.1. The van der Waals surface area contributed by atoms with E-state index in [0.29, 0.717) is 6.42 Å². The van der Waals surface area contributed by atoms with Crippen LogP contribution in [0.15, 0.2) is 35.7 Å². The van der Waals surface area contributed by atoms with Crippen molar-refractivity contribution in [2.24, 2.45) is 0 Å². The van der Waals surface area contributed by atoms with Gasteiger partial charge in [0.05, 0.1) is 11.0 Å². The first-order valence-corrected chi connectivity index (χ1v) is 6.85. The Morgan fingerprint density at radius 1 is 1.40 bits per heavy atom. The summed E-state index contributed by atoms with van der Waals surface area (Å²) in [6.07, 6.45) is 0.383. The maximum atomic E-state index is 13.6. The second kappa shape index (κ2) is 6.44. The monoisotopic (exact) mass is 296 g/mol. The summed E-state index contributed by atoms with van der Waals surface area (Å²) in [5.41, 5.74) is -0.464. The largest absolute Gasteiger partial charge is 0.396 e. The number of halogens is 1. The summed E-state index contributed by atoms with van der Waals surface area (Å²) in [5, 5.41) is 24.9. The lowest BCUT2D eigenvalue weighted by Crippen LogP contribution is -2.12. The van der Waals surface area contributed by atoms with E-state index in [1.54, 1.807) is 0 Å². The van der Waals surface area contributed by atoms with E-state index in [2.05, 4.69) is 5.32 Å². The number of nitro benzene ring substituents is 1. The van der Waals surface area contributed by atoms with E-state index >= 15 is 0 Å². The molecular weight excluding hydrogens is 283 g/mol. The highest BCUT2D eigenvalue weighted by molar-refractivity contribution is 7.10. The summed E-state index contributed by atoms with van der Waals surface area (Å²) in [5.74, 6) is -0.881. The second-order valence-electron chi connectivity index (χ2n) is 4.12. The molecule has 5 nitrogen and oxygen atoms in total. The highest BCUT2D eigenvalue weighted by atomic mass is 32.1. The summed E-state index contributed by atoms with van der Waals surface area (Å²) in [6.45, 7) is -0.0708. The Morgan fingerprint density at radius 3 is 2.80 bits per heavy atom. The van der Waals surface area contributed by atoms with Gasteiger partial charge in [-0.1, -0.05) is 12.1 Å². The van der Waals surface area contributed by atoms with Crippen LogP contribution in [0.1, 0.15) is 17.3 Å². The van der Waals surface area contributed by atoms with Crippen molar-refractivity contribution in [3.8, 4) is 0 Å². The number of hydrogen-bond donors (Lipinski definition) is 2. The van der Waals surface area contributed by atoms with E-state index in [9.17, 15) is 14.5 Å². The Morgan fingerprint density at radius 2 is 2.20 bits per heavy atom. The van der Waals surface area contributed by atoms with Gasteiger partial charge in [0, 0.05) is 11.5 Å². The van der Waals surface area contributed by atoms with Gasteiger partial charge in [0.2, 0.25) is 5.82 Å². The van der Waals surface area contributed by atoms with Gasteiger partial charge in [-0.15, -0.1) is 11.3 Å². The van der Waals surface area contributed by atoms with E-state index in [1.807, 2.05) is 17.5 Å². The fourth-order valence-corrected chi connectivity index (χ4v) is 2.72. The van der Waals surface area contributed by atoms with Crippen LogP contribution in [0.2, 0.25) is 0 Å². The average Bonchev–Trinajstić information content (AvgIpc) is 2.91. The second-order valence-corrected chi connectivity index (χ2v) is 5.10. The first-order chi connectivity index (χ1) is 9.63. The lowest BCUT2D eigenvalue weighted by molar-refractivity contribution is -0.386. The fraction of sp³-hybridized carbons (Fsp3) is 0.231. The number of nitrogens with zero attached hydrogens (tertiary/aromatic N) is 1. The molecule has 0 radical (unpaired) electrons. The minimum atomic E-state index is -0.881. The summed E-state index contributed by atoms with van der Waals surface area (Å²) >= 11 is 1.47. The number of aliphatic hydroxyl groups is 1. The van der Waals surface area contributed by atoms with Gasteiger partial charge in [-0.2, -0.15) is 4.39 Å². The molecule has 1 aromatic heterocycles. The smallest absolute Gasteiger partial charge is 0.327 e. The molecule has 0 saturated carbocycles. The van der Waals surface area contributed by atoms with Gasteiger partial charge < -0.3 is 10.4 Å². The van der Waals surface area contributed by atoms with Crippen molar-refractivity contribution in [3.63, 3.8) is 0 Å². The number of benzene rings is 1. The SMILES string of the molecule is O=[N+]([O-])c1c(F)cccc1N[C@H](CCO)c1cccs1. The number of rotatable bonds is 6. The van der Waals surface area contributed by atoms with Crippen LogP contribution in [0.3, 0.4) is 0 Å². The van der Waals surface area contributed by atoms with Gasteiger partial charge in [-0.3, -0.25) is 10.1 Å². The molecule has 0 saturated heterocycles. The normalized spacial score (nSPS) is 12.1. The summed E-state index contributed by atoms with van der Waals surface area (Å²) in [4.78, 5) is 11.1. The molecule has 2 aromatic rings. The first kappa shape index (κ1) is 14.4. The lowest BCUT2D eigenvalue weighted by Gasteiger charge is -2.17. The third kappa shape index (κ3) is 3.12. The predicted molar refractivity (Wildman–Crippen MR) is 75.4 cm³/mol. The van der Waals surface area contributed by atoms with Gasteiger partial charge >= 0.3 is 5.69 Å². The highest BCUT2D eigenvalue weighted by Gasteiger charge is 2.22. The molecule has 0 aliphatic heterocycles. The molecule has 106 valence electrons. The molecule has 0 amide bonds. The van der Waals surface area contributed by atoms with Crippen molar-refractivity contribution in [2.75, 3.05) is 11.9 Å². The zero-order valence-corrected chi connectivity index (χ0v) is 11.3. The van der Waals surface area contributed by atoms with Gasteiger partial charge in [0.1, 0.15) is 5.69 Å². The molecule has 0 aliphatic carbocycles. The number of aliphatic hydroxyl groups excluding tert-OH is 1. The Kier molecular flexibility index (Phi) is 4.65. The standard InChI is InChI=1S/C13H13FN2O3S/c14-9-3-1-4-11(13(9)16(18)19)15-10(6-7-17)12-5-2-8-20-12/h1-5,8,10,15,17H,6-7H2/t10-/m1/s1. The zero-order valence-electron chi connectivity index (χ0n) is 10.5. The van der Waals surface area contributed by atoms with Crippen LogP contribution in [-0.2, 0) is 0 Å². The van der Waals surface area contributed by atoms with Crippen molar-refractivity contribution < 1.29 is 14.4 Å². The van der Waals surface area contributed by atoms with E-state index < -0.39 is 16.4 Å². The number of hydrogen-bond acceptors (Lipinski definition) is 5. The Bertz CT molecular complexity index is 589. The number of nitrogens with one attached hydrogen (secondary N) is 1. The average molecular weight is 296 g/mol. The van der Waals surface area contributed by atoms with Crippen molar-refractivity contribution >= 4 is 22.7 Å². The highest BCUT2D eigenvalue weighted by Crippen LogP contribution is 2.32. The Labute approximate surface area is 118 Å². The van der Waals surface area contributed by atoms with Crippen LogP contribution < -0.4 is 5.32 Å². The number of anilines is 1. The van der Waals surface area contributed by atoms with E-state index in [0.717, 1.165) is 10.9 Å². The number of para-hydroxylation sites is 1. The van der Waals surface area contributed by atoms with Crippen molar-refractivity contribution in [1.82, 2.24) is 0 Å². The Balaban J connectivity index is 2.32. The molecule has 2 N–H and O–H groups in total. The third-order valence-electron chi connectivity index (χ3n) is 2.80.